The van der Waals surface area contributed by atoms with Crippen molar-refractivity contribution in [3.63, 3.8) is 0 Å². The van der Waals surface area contributed by atoms with Gasteiger partial charge in [0.2, 0.25) is 0 Å². The van der Waals surface area contributed by atoms with Gasteiger partial charge in [0.25, 0.3) is 0 Å². The highest BCUT2D eigenvalue weighted by atomic mass is 32.1. The first-order chi connectivity index (χ1) is 10.3. The molecule has 0 bridgehead atoms. The molecule has 7 heteroatoms. The molecule has 0 atom stereocenters. The normalized spacial score (nSPS) is 11.6. The van der Waals surface area contributed by atoms with E-state index in [0.29, 0.717) is 0 Å². The molecule has 2 rings (SSSR count). The molecule has 0 saturated carbocycles. The van der Waals surface area contributed by atoms with Gasteiger partial charge in [0, 0.05) is 43.8 Å². The van der Waals surface area contributed by atoms with Gasteiger partial charge < -0.3 is 10.6 Å². The molecule has 0 aliphatic rings. The number of nitrogens with one attached hydrogen (secondary N) is 2. The quantitative estimate of drug-likeness (QED) is 0.600. The smallest absolute Gasteiger partial charge is 0.191 e. The summed E-state index contributed by atoms with van der Waals surface area (Å²) in [5.74, 6) is 0.844. The lowest BCUT2D eigenvalue weighted by Crippen LogP contribution is -2.39. The molecular weight excluding hydrogens is 284 g/mol. The lowest BCUT2D eigenvalue weighted by Gasteiger charge is -2.11. The van der Waals surface area contributed by atoms with Crippen molar-refractivity contribution in [1.29, 1.82) is 0 Å². The number of thiazole rings is 1. The Labute approximate surface area is 129 Å². The van der Waals surface area contributed by atoms with Gasteiger partial charge in [-0.1, -0.05) is 0 Å². The Balaban J connectivity index is 1.75. The van der Waals surface area contributed by atoms with Crippen molar-refractivity contribution in [3.05, 3.63) is 34.5 Å². The van der Waals surface area contributed by atoms with Crippen LogP contribution in [-0.4, -0.2) is 40.4 Å². The molecule has 0 saturated heterocycles. The maximum absolute atomic E-state index is 4.57. The van der Waals surface area contributed by atoms with Crippen LogP contribution in [0.2, 0.25) is 0 Å². The number of aromatic nitrogens is 3. The van der Waals surface area contributed by atoms with E-state index in [1.54, 1.807) is 17.5 Å². The first-order valence-corrected chi connectivity index (χ1v) is 8.06. The van der Waals surface area contributed by atoms with E-state index in [1.807, 2.05) is 23.9 Å². The van der Waals surface area contributed by atoms with Gasteiger partial charge in [0.1, 0.15) is 0 Å². The molecule has 0 fully saturated rings. The second kappa shape index (κ2) is 8.41. The van der Waals surface area contributed by atoms with Crippen LogP contribution in [0, 0.1) is 6.92 Å². The molecule has 0 aliphatic heterocycles. The summed E-state index contributed by atoms with van der Waals surface area (Å²) in [6.45, 7) is 7.29. The highest BCUT2D eigenvalue weighted by Gasteiger charge is 2.00. The van der Waals surface area contributed by atoms with Gasteiger partial charge in [-0.15, -0.1) is 11.3 Å². The van der Waals surface area contributed by atoms with E-state index in [9.17, 15) is 0 Å². The zero-order chi connectivity index (χ0) is 14.9. The van der Waals surface area contributed by atoms with Crippen LogP contribution < -0.4 is 10.6 Å². The fraction of sp³-hybridized carbons (Fsp3) is 0.500. The largest absolute Gasteiger partial charge is 0.357 e. The van der Waals surface area contributed by atoms with E-state index in [1.165, 1.54) is 0 Å². The minimum atomic E-state index is 0.736. The molecule has 0 unspecified atom stereocenters. The standard InChI is InChI=1S/C14H22N6S/c1-3-15-14(17-8-10-20-9-4-6-18-20)16-7-5-13-11-21-12(2)19-13/h4,6,9,11H,3,5,7-8,10H2,1-2H3,(H2,15,16,17). The van der Waals surface area contributed by atoms with E-state index >= 15 is 0 Å². The van der Waals surface area contributed by atoms with E-state index in [2.05, 4.69) is 38.0 Å². The monoisotopic (exact) mass is 306 g/mol. The number of aliphatic imine (C=N–C) groups is 1. The van der Waals surface area contributed by atoms with Crippen LogP contribution in [0.5, 0.6) is 0 Å². The molecule has 0 spiro atoms. The zero-order valence-electron chi connectivity index (χ0n) is 12.5. The minimum absolute atomic E-state index is 0.736. The van der Waals surface area contributed by atoms with Gasteiger partial charge in [-0.2, -0.15) is 5.10 Å². The van der Waals surface area contributed by atoms with Gasteiger partial charge >= 0.3 is 0 Å². The highest BCUT2D eigenvalue weighted by Crippen LogP contribution is 2.08. The van der Waals surface area contributed by atoms with Crippen molar-refractivity contribution in [3.8, 4) is 0 Å². The fourth-order valence-corrected chi connectivity index (χ4v) is 2.52. The Hall–Kier alpha value is -1.89. The van der Waals surface area contributed by atoms with Gasteiger partial charge in [-0.3, -0.25) is 9.67 Å². The molecule has 2 heterocycles. The van der Waals surface area contributed by atoms with Crippen LogP contribution >= 0.6 is 11.3 Å². The molecule has 0 amide bonds. The number of nitrogens with zero attached hydrogens (tertiary/aromatic N) is 4. The second-order valence-electron chi connectivity index (χ2n) is 4.56. The second-order valence-corrected chi connectivity index (χ2v) is 5.63. The van der Waals surface area contributed by atoms with Crippen LogP contribution in [0.1, 0.15) is 17.6 Å². The van der Waals surface area contributed by atoms with Crippen molar-refractivity contribution in [1.82, 2.24) is 25.4 Å². The van der Waals surface area contributed by atoms with Crippen LogP contribution in [-0.2, 0) is 13.0 Å². The third kappa shape index (κ3) is 5.55. The van der Waals surface area contributed by atoms with Crippen molar-refractivity contribution in [2.24, 2.45) is 4.99 Å². The maximum Gasteiger partial charge on any atom is 0.191 e. The molecule has 0 radical (unpaired) electrons. The molecular formula is C14H22N6S. The number of rotatable bonds is 7. The van der Waals surface area contributed by atoms with E-state index < -0.39 is 0 Å². The van der Waals surface area contributed by atoms with E-state index in [4.69, 9.17) is 0 Å². The predicted molar refractivity (Wildman–Crippen MR) is 86.8 cm³/mol. The molecule has 114 valence electrons. The number of aryl methyl sites for hydroxylation is 1. The number of guanidine groups is 1. The van der Waals surface area contributed by atoms with Crippen LogP contribution in [0.4, 0.5) is 0 Å². The minimum Gasteiger partial charge on any atom is -0.357 e. The Morgan fingerprint density at radius 3 is 3.00 bits per heavy atom. The van der Waals surface area contributed by atoms with Gasteiger partial charge in [0.05, 0.1) is 17.2 Å². The van der Waals surface area contributed by atoms with E-state index in [0.717, 1.165) is 49.3 Å². The molecule has 2 N–H and O–H groups in total. The number of hydrogen-bond acceptors (Lipinski definition) is 4. The van der Waals surface area contributed by atoms with Crippen molar-refractivity contribution < 1.29 is 0 Å². The van der Waals surface area contributed by atoms with Crippen LogP contribution in [0.25, 0.3) is 0 Å². The summed E-state index contributed by atoms with van der Waals surface area (Å²) in [6, 6.07) is 1.93. The van der Waals surface area contributed by atoms with Gasteiger partial charge in [-0.25, -0.2) is 4.98 Å². The van der Waals surface area contributed by atoms with Crippen LogP contribution in [0.3, 0.4) is 0 Å². The Kier molecular flexibility index (Phi) is 6.21. The third-order valence-corrected chi connectivity index (χ3v) is 3.66. The average molecular weight is 306 g/mol. The van der Waals surface area contributed by atoms with Crippen molar-refractivity contribution in [2.75, 3.05) is 19.6 Å². The summed E-state index contributed by atoms with van der Waals surface area (Å²) in [5.41, 5.74) is 1.12. The lowest BCUT2D eigenvalue weighted by molar-refractivity contribution is 0.598. The highest BCUT2D eigenvalue weighted by molar-refractivity contribution is 7.09. The van der Waals surface area contributed by atoms with E-state index in [-0.39, 0.29) is 0 Å². The molecule has 6 nitrogen and oxygen atoms in total. The summed E-state index contributed by atoms with van der Waals surface area (Å²) in [6.07, 6.45) is 4.62. The fourth-order valence-electron chi connectivity index (χ4n) is 1.87. The predicted octanol–water partition coefficient (Wildman–Crippen LogP) is 1.45. The zero-order valence-corrected chi connectivity index (χ0v) is 13.4. The average Bonchev–Trinajstić information content (AvgIpc) is 3.11. The summed E-state index contributed by atoms with van der Waals surface area (Å²) >= 11 is 1.69. The lowest BCUT2D eigenvalue weighted by atomic mass is 10.3. The Morgan fingerprint density at radius 2 is 2.33 bits per heavy atom. The van der Waals surface area contributed by atoms with Crippen molar-refractivity contribution in [2.45, 2.75) is 26.8 Å². The van der Waals surface area contributed by atoms with Crippen LogP contribution in [0.15, 0.2) is 28.8 Å². The topological polar surface area (TPSA) is 67.1 Å². The summed E-state index contributed by atoms with van der Waals surface area (Å²) in [7, 11) is 0. The van der Waals surface area contributed by atoms with Gasteiger partial charge in [-0.05, 0) is 19.9 Å². The van der Waals surface area contributed by atoms with Crippen molar-refractivity contribution >= 4 is 17.3 Å². The van der Waals surface area contributed by atoms with Gasteiger partial charge in [0.15, 0.2) is 5.96 Å². The molecule has 2 aromatic heterocycles. The first kappa shape index (κ1) is 15.5. The molecule has 0 aliphatic carbocycles. The SMILES string of the molecule is CCNC(=NCCc1csc(C)n1)NCCn1cccn1. The molecule has 0 aromatic carbocycles. The summed E-state index contributed by atoms with van der Waals surface area (Å²) < 4.78 is 1.90. The molecule has 2 aromatic rings. The number of hydrogen-bond donors (Lipinski definition) is 2. The first-order valence-electron chi connectivity index (χ1n) is 7.18. The molecule has 21 heavy (non-hydrogen) atoms. The third-order valence-electron chi connectivity index (χ3n) is 2.84. The summed E-state index contributed by atoms with van der Waals surface area (Å²) in [5, 5.41) is 13.9. The Morgan fingerprint density at radius 1 is 1.43 bits per heavy atom. The Bertz CT molecular complexity index is 546. The summed E-state index contributed by atoms with van der Waals surface area (Å²) in [4.78, 5) is 9.01. The maximum atomic E-state index is 4.57.